The fourth-order valence-corrected chi connectivity index (χ4v) is 1.60. The Morgan fingerprint density at radius 3 is 2.71 bits per heavy atom. The number of Topliss-reactive ketones (excluding diaryl/α,β-unsaturated/α-hetero) is 1. The van der Waals surface area contributed by atoms with Gasteiger partial charge >= 0.3 is 0 Å². The van der Waals surface area contributed by atoms with Crippen molar-refractivity contribution < 1.29 is 18.7 Å². The predicted molar refractivity (Wildman–Crippen MR) is 61.3 cm³/mol. The van der Waals surface area contributed by atoms with E-state index in [9.17, 15) is 14.3 Å². The molecule has 0 radical (unpaired) electrons. The summed E-state index contributed by atoms with van der Waals surface area (Å²) in [5, 5.41) is 10.2. The number of hydrogen-bond acceptors (Lipinski definition) is 3. The van der Waals surface area contributed by atoms with Crippen LogP contribution in [0.5, 0.6) is 0 Å². The van der Waals surface area contributed by atoms with E-state index >= 15 is 0 Å². The number of fused-ring (bicyclic) bond motifs is 1. The molecule has 1 atom stereocenters. The highest BCUT2D eigenvalue weighted by atomic mass is 19.1. The number of carbonyl (C=O) groups excluding carboxylic acids is 1. The lowest BCUT2D eigenvalue weighted by molar-refractivity contribution is 0.0620. The van der Waals surface area contributed by atoms with E-state index in [2.05, 4.69) is 0 Å². The lowest BCUT2D eigenvalue weighted by atomic mass is 10.0. The molecule has 90 valence electrons. The van der Waals surface area contributed by atoms with E-state index in [4.69, 9.17) is 4.42 Å². The van der Waals surface area contributed by atoms with Gasteiger partial charge in [-0.2, -0.15) is 0 Å². The Bertz CT molecular complexity index is 557. The smallest absolute Gasteiger partial charge is 0.226 e. The van der Waals surface area contributed by atoms with E-state index in [1.807, 2.05) is 0 Å². The van der Waals surface area contributed by atoms with Gasteiger partial charge in [0, 0.05) is 5.39 Å². The summed E-state index contributed by atoms with van der Waals surface area (Å²) >= 11 is 0. The number of furan rings is 1. The van der Waals surface area contributed by atoms with Gasteiger partial charge in [-0.25, -0.2) is 4.39 Å². The van der Waals surface area contributed by atoms with E-state index < -0.39 is 17.7 Å². The van der Waals surface area contributed by atoms with Crippen LogP contribution in [-0.4, -0.2) is 17.0 Å². The molecule has 1 unspecified atom stereocenters. The maximum atomic E-state index is 13.4. The van der Waals surface area contributed by atoms with Gasteiger partial charge in [-0.15, -0.1) is 0 Å². The zero-order valence-corrected chi connectivity index (χ0v) is 9.61. The molecule has 4 heteroatoms. The maximum absolute atomic E-state index is 13.4. The number of carbonyl (C=O) groups is 1. The molecule has 0 aliphatic rings. The maximum Gasteiger partial charge on any atom is 0.226 e. The molecule has 0 spiro atoms. The van der Waals surface area contributed by atoms with Crippen molar-refractivity contribution in [3.63, 3.8) is 0 Å². The second-order valence-electron chi connectivity index (χ2n) is 4.32. The summed E-state index contributed by atoms with van der Waals surface area (Å²) < 4.78 is 18.5. The molecule has 1 heterocycles. The fraction of sp³-hybridized carbons (Fsp3) is 0.308. The summed E-state index contributed by atoms with van der Waals surface area (Å²) in [6.45, 7) is 3.46. The van der Waals surface area contributed by atoms with Crippen LogP contribution < -0.4 is 0 Å². The lowest BCUT2D eigenvalue weighted by Gasteiger charge is -2.10. The van der Waals surface area contributed by atoms with Crippen molar-refractivity contribution in [3.8, 4) is 0 Å². The Balaban J connectivity index is 2.44. The molecule has 2 aromatic rings. The molecule has 1 N–H and O–H groups in total. The molecule has 0 saturated heterocycles. The van der Waals surface area contributed by atoms with Gasteiger partial charge in [-0.1, -0.05) is 26.0 Å². The van der Waals surface area contributed by atoms with Gasteiger partial charge in [0.15, 0.2) is 17.2 Å². The Morgan fingerprint density at radius 2 is 2.12 bits per heavy atom. The molecule has 3 nitrogen and oxygen atoms in total. The summed E-state index contributed by atoms with van der Waals surface area (Å²) in [5.74, 6) is -1.25. The van der Waals surface area contributed by atoms with Gasteiger partial charge in [-0.05, 0) is 18.1 Å². The Morgan fingerprint density at radius 1 is 1.41 bits per heavy atom. The van der Waals surface area contributed by atoms with Gasteiger partial charge < -0.3 is 9.52 Å². The third-order valence-electron chi connectivity index (χ3n) is 2.64. The first-order chi connectivity index (χ1) is 8.00. The third kappa shape index (κ3) is 2.08. The lowest BCUT2D eigenvalue weighted by Crippen LogP contribution is -2.25. The molecule has 0 bridgehead atoms. The van der Waals surface area contributed by atoms with Crippen LogP contribution in [0.4, 0.5) is 4.39 Å². The van der Waals surface area contributed by atoms with Gasteiger partial charge in [0.05, 0.1) is 0 Å². The largest absolute Gasteiger partial charge is 0.450 e. The monoisotopic (exact) mass is 236 g/mol. The standard InChI is InChI=1S/C13H13FO3/c1-7(2)11(15)12(16)10-6-8-4-3-5-9(14)13(8)17-10/h3-7,11,15H,1-2H3. The number of benzene rings is 1. The Labute approximate surface area is 97.9 Å². The molecular formula is C13H13FO3. The number of ketones is 1. The highest BCUT2D eigenvalue weighted by Crippen LogP contribution is 2.23. The Hall–Kier alpha value is -1.68. The van der Waals surface area contributed by atoms with Crippen molar-refractivity contribution in [3.05, 3.63) is 35.8 Å². The van der Waals surface area contributed by atoms with E-state index in [1.165, 1.54) is 12.1 Å². The average molecular weight is 236 g/mol. The first-order valence-corrected chi connectivity index (χ1v) is 5.41. The van der Waals surface area contributed by atoms with Crippen LogP contribution in [0.1, 0.15) is 24.4 Å². The summed E-state index contributed by atoms with van der Waals surface area (Å²) in [4.78, 5) is 11.8. The summed E-state index contributed by atoms with van der Waals surface area (Å²) in [7, 11) is 0. The second kappa shape index (κ2) is 4.30. The van der Waals surface area contributed by atoms with Gasteiger partial charge in [0.2, 0.25) is 5.78 Å². The minimum atomic E-state index is -1.13. The van der Waals surface area contributed by atoms with Crippen LogP contribution >= 0.6 is 0 Å². The van der Waals surface area contributed by atoms with E-state index in [0.29, 0.717) is 5.39 Å². The van der Waals surface area contributed by atoms with Crippen LogP contribution in [0.15, 0.2) is 28.7 Å². The van der Waals surface area contributed by atoms with Crippen LogP contribution in [0.3, 0.4) is 0 Å². The van der Waals surface area contributed by atoms with Crippen molar-refractivity contribution in [2.24, 2.45) is 5.92 Å². The van der Waals surface area contributed by atoms with Crippen LogP contribution in [0.25, 0.3) is 11.0 Å². The van der Waals surface area contributed by atoms with Gasteiger partial charge in [0.1, 0.15) is 6.10 Å². The molecule has 0 saturated carbocycles. The molecule has 0 aliphatic heterocycles. The molecule has 2 rings (SSSR count). The highest BCUT2D eigenvalue weighted by Gasteiger charge is 2.24. The van der Waals surface area contributed by atoms with Crippen LogP contribution in [0.2, 0.25) is 0 Å². The minimum Gasteiger partial charge on any atom is -0.450 e. The van der Waals surface area contributed by atoms with E-state index in [-0.39, 0.29) is 17.3 Å². The molecule has 0 fully saturated rings. The number of para-hydroxylation sites is 1. The number of halogens is 1. The molecule has 17 heavy (non-hydrogen) atoms. The van der Waals surface area contributed by atoms with E-state index in [0.717, 1.165) is 0 Å². The Kier molecular flexibility index (Phi) is 2.98. The molecule has 0 aliphatic carbocycles. The normalized spacial score (nSPS) is 13.2. The highest BCUT2D eigenvalue weighted by molar-refractivity contribution is 6.00. The van der Waals surface area contributed by atoms with Gasteiger partial charge in [0.25, 0.3) is 0 Å². The minimum absolute atomic E-state index is 0.00806. The van der Waals surface area contributed by atoms with Crippen molar-refractivity contribution >= 4 is 16.8 Å². The quantitative estimate of drug-likeness (QED) is 0.833. The van der Waals surface area contributed by atoms with Crippen LogP contribution in [0, 0.1) is 11.7 Å². The second-order valence-corrected chi connectivity index (χ2v) is 4.32. The third-order valence-corrected chi connectivity index (χ3v) is 2.64. The SMILES string of the molecule is CC(C)C(O)C(=O)c1cc2cccc(F)c2o1. The first-order valence-electron chi connectivity index (χ1n) is 5.41. The van der Waals surface area contributed by atoms with E-state index in [1.54, 1.807) is 26.0 Å². The summed E-state index contributed by atoms with van der Waals surface area (Å²) in [6, 6.07) is 5.91. The summed E-state index contributed by atoms with van der Waals surface area (Å²) in [5.41, 5.74) is 0.0480. The zero-order valence-electron chi connectivity index (χ0n) is 9.61. The van der Waals surface area contributed by atoms with Crippen molar-refractivity contribution in [1.29, 1.82) is 0 Å². The van der Waals surface area contributed by atoms with Crippen molar-refractivity contribution in [2.45, 2.75) is 20.0 Å². The molecule has 1 aromatic carbocycles. The summed E-state index contributed by atoms with van der Waals surface area (Å²) in [6.07, 6.45) is -1.13. The number of rotatable bonds is 3. The topological polar surface area (TPSA) is 50.4 Å². The van der Waals surface area contributed by atoms with Crippen molar-refractivity contribution in [1.82, 2.24) is 0 Å². The van der Waals surface area contributed by atoms with Gasteiger partial charge in [-0.3, -0.25) is 4.79 Å². The first kappa shape index (κ1) is 11.8. The number of aliphatic hydroxyl groups excluding tert-OH is 1. The fourth-order valence-electron chi connectivity index (χ4n) is 1.60. The predicted octanol–water partition coefficient (Wildman–Crippen LogP) is 2.77. The molecular weight excluding hydrogens is 223 g/mol. The average Bonchev–Trinajstić information content (AvgIpc) is 2.72. The number of aliphatic hydroxyl groups is 1. The van der Waals surface area contributed by atoms with Crippen LogP contribution in [-0.2, 0) is 0 Å². The zero-order chi connectivity index (χ0) is 12.6. The number of hydrogen-bond donors (Lipinski definition) is 1. The van der Waals surface area contributed by atoms with Crippen molar-refractivity contribution in [2.75, 3.05) is 0 Å². The molecule has 0 amide bonds. The molecule has 1 aromatic heterocycles.